The predicted molar refractivity (Wildman–Crippen MR) is 101 cm³/mol. The van der Waals surface area contributed by atoms with Gasteiger partial charge in [-0.2, -0.15) is 4.31 Å². The van der Waals surface area contributed by atoms with E-state index in [4.69, 9.17) is 9.15 Å². The zero-order chi connectivity index (χ0) is 19.6. The predicted octanol–water partition coefficient (Wildman–Crippen LogP) is 2.94. The Labute approximate surface area is 165 Å². The molecule has 1 aromatic carbocycles. The molecule has 3 heterocycles. The molecule has 146 valence electrons. The van der Waals surface area contributed by atoms with Crippen molar-refractivity contribution >= 4 is 27.3 Å². The summed E-state index contributed by atoms with van der Waals surface area (Å²) >= 11 is 1.46. The summed E-state index contributed by atoms with van der Waals surface area (Å²) in [5.41, 5.74) is 0.151. The van der Waals surface area contributed by atoms with Crippen LogP contribution < -0.4 is 0 Å². The Morgan fingerprint density at radius 2 is 2.00 bits per heavy atom. The van der Waals surface area contributed by atoms with E-state index < -0.39 is 16.0 Å². The van der Waals surface area contributed by atoms with Crippen molar-refractivity contribution in [3.63, 3.8) is 0 Å². The van der Waals surface area contributed by atoms with E-state index in [1.54, 1.807) is 0 Å². The second kappa shape index (κ2) is 7.82. The number of carbonyl (C=O) groups is 1. The normalized spacial score (nSPS) is 15.0. The molecule has 8 nitrogen and oxygen atoms in total. The van der Waals surface area contributed by atoms with Gasteiger partial charge in [0.25, 0.3) is 11.8 Å². The fraction of sp³-hybridized carbons (Fsp3) is 0.278. The van der Waals surface area contributed by atoms with Crippen LogP contribution in [0.4, 0.5) is 0 Å². The summed E-state index contributed by atoms with van der Waals surface area (Å²) in [6, 6.07) is 9.57. The highest BCUT2D eigenvalue weighted by Crippen LogP contribution is 2.24. The second-order valence-electron chi connectivity index (χ2n) is 6.19. The zero-order valence-corrected chi connectivity index (χ0v) is 16.4. The third-order valence-electron chi connectivity index (χ3n) is 4.30. The van der Waals surface area contributed by atoms with Crippen LogP contribution in [0.15, 0.2) is 51.1 Å². The molecule has 0 amide bonds. The van der Waals surface area contributed by atoms with Crippen molar-refractivity contribution in [2.75, 3.05) is 13.1 Å². The Hall–Kier alpha value is -2.56. The van der Waals surface area contributed by atoms with Gasteiger partial charge in [0.15, 0.2) is 6.61 Å². The molecule has 1 aliphatic rings. The largest absolute Gasteiger partial charge is 0.452 e. The second-order valence-corrected chi connectivity index (χ2v) is 9.08. The van der Waals surface area contributed by atoms with Gasteiger partial charge in [0, 0.05) is 13.1 Å². The number of hydrogen-bond donors (Lipinski definition) is 0. The highest BCUT2D eigenvalue weighted by molar-refractivity contribution is 7.89. The van der Waals surface area contributed by atoms with E-state index in [0.29, 0.717) is 19.0 Å². The van der Waals surface area contributed by atoms with Crippen molar-refractivity contribution in [3.05, 3.63) is 53.2 Å². The van der Waals surface area contributed by atoms with Crippen LogP contribution in [0, 0.1) is 0 Å². The summed E-state index contributed by atoms with van der Waals surface area (Å²) in [5, 5.41) is 9.67. The number of thiophene rings is 1. The molecule has 28 heavy (non-hydrogen) atoms. The van der Waals surface area contributed by atoms with Gasteiger partial charge in [-0.1, -0.05) is 12.1 Å². The monoisotopic (exact) mass is 419 g/mol. The lowest BCUT2D eigenvalue weighted by Gasteiger charge is -2.15. The molecule has 3 aromatic rings. The highest BCUT2D eigenvalue weighted by Gasteiger charge is 2.27. The first-order valence-electron chi connectivity index (χ1n) is 8.67. The lowest BCUT2D eigenvalue weighted by atomic mass is 10.2. The van der Waals surface area contributed by atoms with Crippen molar-refractivity contribution < 1.29 is 22.4 Å². The Bertz CT molecular complexity index is 1070. The van der Waals surface area contributed by atoms with E-state index in [1.807, 2.05) is 17.5 Å². The minimum absolute atomic E-state index is 0.0848. The molecule has 1 saturated heterocycles. The summed E-state index contributed by atoms with van der Waals surface area (Å²) in [6.45, 7) is 0.807. The van der Waals surface area contributed by atoms with E-state index >= 15 is 0 Å². The van der Waals surface area contributed by atoms with Gasteiger partial charge in [-0.25, -0.2) is 13.2 Å². The van der Waals surface area contributed by atoms with Crippen molar-refractivity contribution in [2.24, 2.45) is 0 Å². The van der Waals surface area contributed by atoms with Gasteiger partial charge in [0.2, 0.25) is 10.0 Å². The summed E-state index contributed by atoms with van der Waals surface area (Å²) in [7, 11) is -3.60. The van der Waals surface area contributed by atoms with Crippen LogP contribution >= 0.6 is 11.3 Å². The van der Waals surface area contributed by atoms with Crippen LogP contribution in [0.5, 0.6) is 0 Å². The Morgan fingerprint density at radius 3 is 2.75 bits per heavy atom. The summed E-state index contributed by atoms with van der Waals surface area (Å²) in [4.78, 5) is 13.2. The number of carbonyl (C=O) groups excluding carboxylic acids is 1. The van der Waals surface area contributed by atoms with Gasteiger partial charge in [0.1, 0.15) is 0 Å². The number of nitrogens with zero attached hydrogens (tertiary/aromatic N) is 3. The Morgan fingerprint density at radius 1 is 1.18 bits per heavy atom. The topological polar surface area (TPSA) is 103 Å². The molecule has 0 aliphatic carbocycles. The van der Waals surface area contributed by atoms with Crippen LogP contribution in [-0.2, 0) is 21.4 Å². The maximum absolute atomic E-state index is 12.6. The number of ether oxygens (including phenoxy) is 1. The molecular weight excluding hydrogens is 402 g/mol. The number of sulfonamides is 1. The molecule has 1 aliphatic heterocycles. The molecule has 0 saturated carbocycles. The highest BCUT2D eigenvalue weighted by atomic mass is 32.2. The SMILES string of the molecule is O=C(OCc1nnc(-c2cccs2)o1)c1cccc(S(=O)(=O)N2CCCC2)c1. The average Bonchev–Trinajstić information content (AvgIpc) is 3.48. The number of hydrogen-bond acceptors (Lipinski definition) is 8. The molecule has 1 fully saturated rings. The Kier molecular flexibility index (Phi) is 5.25. The molecular formula is C18H17N3O5S2. The molecule has 0 unspecified atom stereocenters. The van der Waals surface area contributed by atoms with Gasteiger partial charge < -0.3 is 9.15 Å². The first kappa shape index (κ1) is 18.8. The van der Waals surface area contributed by atoms with E-state index in [0.717, 1.165) is 17.7 Å². The van der Waals surface area contributed by atoms with Gasteiger partial charge in [-0.15, -0.1) is 21.5 Å². The smallest absolute Gasteiger partial charge is 0.338 e. The fourth-order valence-electron chi connectivity index (χ4n) is 2.88. The van der Waals surface area contributed by atoms with E-state index in [2.05, 4.69) is 10.2 Å². The third kappa shape index (κ3) is 3.84. The van der Waals surface area contributed by atoms with Crippen LogP contribution in [0.3, 0.4) is 0 Å². The van der Waals surface area contributed by atoms with Crippen molar-refractivity contribution in [2.45, 2.75) is 24.3 Å². The zero-order valence-electron chi connectivity index (χ0n) is 14.8. The molecule has 0 bridgehead atoms. The average molecular weight is 419 g/mol. The van der Waals surface area contributed by atoms with Crippen molar-refractivity contribution in [1.29, 1.82) is 0 Å². The van der Waals surface area contributed by atoms with Crippen LogP contribution in [0.1, 0.15) is 29.1 Å². The number of rotatable bonds is 6. The standard InChI is InChI=1S/C18H17N3O5S2/c22-18(25-12-16-19-20-17(26-16)15-7-4-10-27-15)13-5-3-6-14(11-13)28(23,24)21-8-1-2-9-21/h3-7,10-11H,1-2,8-9,12H2. The Balaban J connectivity index is 1.44. The van der Waals surface area contributed by atoms with Crippen LogP contribution in [0.2, 0.25) is 0 Å². The third-order valence-corrected chi connectivity index (χ3v) is 7.05. The summed E-state index contributed by atoms with van der Waals surface area (Å²) in [5.74, 6) is -0.133. The summed E-state index contributed by atoms with van der Waals surface area (Å²) in [6.07, 6.45) is 1.69. The fourth-order valence-corrected chi connectivity index (χ4v) is 5.09. The van der Waals surface area contributed by atoms with Gasteiger partial charge >= 0.3 is 5.97 Å². The molecule has 0 spiro atoms. The van der Waals surface area contributed by atoms with E-state index in [1.165, 1.54) is 39.9 Å². The molecule has 10 heteroatoms. The molecule has 4 rings (SSSR count). The lowest BCUT2D eigenvalue weighted by Crippen LogP contribution is -2.28. The molecule has 0 N–H and O–H groups in total. The molecule has 0 radical (unpaired) electrons. The van der Waals surface area contributed by atoms with Gasteiger partial charge in [0.05, 0.1) is 15.3 Å². The maximum atomic E-state index is 12.6. The first-order valence-corrected chi connectivity index (χ1v) is 11.0. The van der Waals surface area contributed by atoms with E-state index in [-0.39, 0.29) is 23.0 Å². The maximum Gasteiger partial charge on any atom is 0.338 e. The minimum Gasteiger partial charge on any atom is -0.452 e. The first-order chi connectivity index (χ1) is 13.5. The van der Waals surface area contributed by atoms with Gasteiger partial charge in [-0.05, 0) is 42.5 Å². The molecule has 2 aromatic heterocycles. The van der Waals surface area contributed by atoms with Crippen LogP contribution in [0.25, 0.3) is 10.8 Å². The van der Waals surface area contributed by atoms with E-state index in [9.17, 15) is 13.2 Å². The van der Waals surface area contributed by atoms with Crippen molar-refractivity contribution in [3.8, 4) is 10.8 Å². The minimum atomic E-state index is -3.60. The number of esters is 1. The van der Waals surface area contributed by atoms with Crippen LogP contribution in [-0.4, -0.2) is 42.0 Å². The lowest BCUT2D eigenvalue weighted by molar-refractivity contribution is 0.0438. The molecule has 0 atom stereocenters. The van der Waals surface area contributed by atoms with Crippen molar-refractivity contribution in [1.82, 2.24) is 14.5 Å². The number of aromatic nitrogens is 2. The summed E-state index contributed by atoms with van der Waals surface area (Å²) < 4.78 is 37.4. The number of benzene rings is 1. The van der Waals surface area contributed by atoms with Gasteiger partial charge in [-0.3, -0.25) is 0 Å². The quantitative estimate of drug-likeness (QED) is 0.566.